The van der Waals surface area contributed by atoms with Crippen molar-refractivity contribution in [3.8, 4) is 11.5 Å². The van der Waals surface area contributed by atoms with Crippen molar-refractivity contribution in [2.75, 3.05) is 0 Å². The molecule has 2 rings (SSSR count). The summed E-state index contributed by atoms with van der Waals surface area (Å²) >= 11 is 0. The van der Waals surface area contributed by atoms with E-state index in [0.717, 1.165) is 0 Å². The Morgan fingerprint density at radius 1 is 1.19 bits per heavy atom. The Balaban J connectivity index is 2.31. The summed E-state index contributed by atoms with van der Waals surface area (Å²) in [4.78, 5) is 3.95. The van der Waals surface area contributed by atoms with E-state index in [-0.39, 0.29) is 5.84 Å². The summed E-state index contributed by atoms with van der Waals surface area (Å²) in [5, 5.41) is 7.42. The molecule has 0 radical (unpaired) electrons. The van der Waals surface area contributed by atoms with Crippen LogP contribution in [0.5, 0.6) is 11.5 Å². The maximum Gasteiger partial charge on any atom is 0.145 e. The van der Waals surface area contributed by atoms with Gasteiger partial charge in [0.05, 0.1) is 11.8 Å². The van der Waals surface area contributed by atoms with Gasteiger partial charge in [-0.1, -0.05) is 12.1 Å². The molecule has 0 aliphatic carbocycles. The summed E-state index contributed by atoms with van der Waals surface area (Å²) in [6.07, 6.45) is 3.28. The van der Waals surface area contributed by atoms with E-state index >= 15 is 0 Å². The zero-order valence-corrected chi connectivity index (χ0v) is 8.55. The monoisotopic (exact) mass is 213 g/mol. The molecule has 80 valence electrons. The van der Waals surface area contributed by atoms with Crippen molar-refractivity contribution in [2.45, 2.75) is 0 Å². The highest BCUT2D eigenvalue weighted by Crippen LogP contribution is 2.23. The number of nitrogens with one attached hydrogen (secondary N) is 1. The molecule has 0 fully saturated rings. The van der Waals surface area contributed by atoms with E-state index in [4.69, 9.17) is 15.9 Å². The van der Waals surface area contributed by atoms with Crippen molar-refractivity contribution in [1.82, 2.24) is 4.98 Å². The lowest BCUT2D eigenvalue weighted by molar-refractivity contribution is 0.479. The van der Waals surface area contributed by atoms with Crippen LogP contribution in [0.2, 0.25) is 0 Å². The number of benzene rings is 1. The lowest BCUT2D eigenvalue weighted by Gasteiger charge is -2.09. The van der Waals surface area contributed by atoms with E-state index in [1.165, 1.54) is 0 Å². The second kappa shape index (κ2) is 4.44. The quantitative estimate of drug-likeness (QED) is 0.606. The number of hydrogen-bond acceptors (Lipinski definition) is 3. The van der Waals surface area contributed by atoms with E-state index in [0.29, 0.717) is 17.1 Å². The molecule has 0 saturated carbocycles. The number of nitrogen functional groups attached to an aromatic ring is 1. The summed E-state index contributed by atoms with van der Waals surface area (Å²) in [7, 11) is 0. The van der Waals surface area contributed by atoms with Gasteiger partial charge in [0.2, 0.25) is 0 Å². The van der Waals surface area contributed by atoms with Crippen molar-refractivity contribution in [2.24, 2.45) is 5.73 Å². The summed E-state index contributed by atoms with van der Waals surface area (Å²) in [5.41, 5.74) is 6.03. The highest BCUT2D eigenvalue weighted by atomic mass is 16.5. The lowest BCUT2D eigenvalue weighted by atomic mass is 10.2. The molecule has 16 heavy (non-hydrogen) atoms. The topological polar surface area (TPSA) is 72.0 Å². The summed E-state index contributed by atoms with van der Waals surface area (Å²) in [6.45, 7) is 0. The zero-order valence-electron chi connectivity index (χ0n) is 8.55. The molecule has 0 spiro atoms. The number of amidine groups is 1. The van der Waals surface area contributed by atoms with Crippen LogP contribution in [0.4, 0.5) is 0 Å². The molecule has 1 heterocycles. The predicted octanol–water partition coefficient (Wildman–Crippen LogP) is 2.16. The van der Waals surface area contributed by atoms with Gasteiger partial charge in [-0.05, 0) is 24.3 Å². The normalized spacial score (nSPS) is 9.75. The van der Waals surface area contributed by atoms with Crippen molar-refractivity contribution < 1.29 is 4.74 Å². The van der Waals surface area contributed by atoms with E-state index in [9.17, 15) is 0 Å². The van der Waals surface area contributed by atoms with Crippen LogP contribution in [-0.4, -0.2) is 10.8 Å². The van der Waals surface area contributed by atoms with Gasteiger partial charge in [-0.25, -0.2) is 0 Å². The number of aromatic nitrogens is 1. The molecular weight excluding hydrogens is 202 g/mol. The smallest absolute Gasteiger partial charge is 0.145 e. The second-order valence-electron chi connectivity index (χ2n) is 3.20. The Morgan fingerprint density at radius 2 is 2.00 bits per heavy atom. The molecule has 0 bridgehead atoms. The van der Waals surface area contributed by atoms with E-state index in [2.05, 4.69) is 4.98 Å². The minimum atomic E-state index is -0.0144. The van der Waals surface area contributed by atoms with Crippen molar-refractivity contribution >= 4 is 5.84 Å². The van der Waals surface area contributed by atoms with E-state index in [1.807, 2.05) is 12.1 Å². The number of para-hydroxylation sites is 1. The summed E-state index contributed by atoms with van der Waals surface area (Å²) in [5.74, 6) is 1.17. The number of pyridine rings is 1. The Morgan fingerprint density at radius 3 is 2.69 bits per heavy atom. The molecule has 0 amide bonds. The fourth-order valence-electron chi connectivity index (χ4n) is 1.31. The van der Waals surface area contributed by atoms with Crippen LogP contribution < -0.4 is 10.5 Å². The fraction of sp³-hybridized carbons (Fsp3) is 0. The maximum absolute atomic E-state index is 7.42. The fourth-order valence-corrected chi connectivity index (χ4v) is 1.31. The largest absolute Gasteiger partial charge is 0.455 e. The van der Waals surface area contributed by atoms with Crippen LogP contribution >= 0.6 is 0 Å². The molecule has 0 aliphatic rings. The SMILES string of the molecule is N=C(N)c1ccccc1Oc1cccnc1. The molecule has 0 saturated heterocycles. The number of nitrogens with two attached hydrogens (primary N) is 1. The zero-order chi connectivity index (χ0) is 11.4. The molecule has 4 heteroatoms. The van der Waals surface area contributed by atoms with E-state index in [1.54, 1.807) is 36.7 Å². The first-order valence-corrected chi connectivity index (χ1v) is 4.78. The van der Waals surface area contributed by atoms with Crippen LogP contribution in [0.15, 0.2) is 48.8 Å². The van der Waals surface area contributed by atoms with Gasteiger partial charge in [0.25, 0.3) is 0 Å². The van der Waals surface area contributed by atoms with Gasteiger partial charge in [-0.2, -0.15) is 0 Å². The van der Waals surface area contributed by atoms with Crippen LogP contribution in [0.3, 0.4) is 0 Å². The average molecular weight is 213 g/mol. The molecule has 0 unspecified atom stereocenters. The van der Waals surface area contributed by atoms with Gasteiger partial charge in [0.15, 0.2) is 0 Å². The summed E-state index contributed by atoms with van der Waals surface area (Å²) in [6, 6.07) is 10.7. The van der Waals surface area contributed by atoms with Crippen molar-refractivity contribution in [1.29, 1.82) is 5.41 Å². The van der Waals surface area contributed by atoms with Gasteiger partial charge >= 0.3 is 0 Å². The lowest BCUT2D eigenvalue weighted by Crippen LogP contribution is -2.12. The van der Waals surface area contributed by atoms with Crippen molar-refractivity contribution in [3.05, 3.63) is 54.4 Å². The molecule has 1 aromatic carbocycles. The maximum atomic E-state index is 7.42. The highest BCUT2D eigenvalue weighted by molar-refractivity contribution is 5.97. The number of hydrogen-bond donors (Lipinski definition) is 2. The predicted molar refractivity (Wildman–Crippen MR) is 61.8 cm³/mol. The van der Waals surface area contributed by atoms with E-state index < -0.39 is 0 Å². The Labute approximate surface area is 93.2 Å². The third-order valence-electron chi connectivity index (χ3n) is 2.04. The average Bonchev–Trinajstić information content (AvgIpc) is 2.31. The van der Waals surface area contributed by atoms with Crippen LogP contribution in [-0.2, 0) is 0 Å². The first-order valence-electron chi connectivity index (χ1n) is 4.78. The van der Waals surface area contributed by atoms with Crippen molar-refractivity contribution in [3.63, 3.8) is 0 Å². The minimum absolute atomic E-state index is 0.0144. The van der Waals surface area contributed by atoms with Crippen LogP contribution in [0.1, 0.15) is 5.56 Å². The third kappa shape index (κ3) is 2.17. The van der Waals surface area contributed by atoms with Gasteiger partial charge in [-0.15, -0.1) is 0 Å². The Kier molecular flexibility index (Phi) is 2.82. The molecule has 4 nitrogen and oxygen atoms in total. The summed E-state index contributed by atoms with van der Waals surface area (Å²) < 4.78 is 5.59. The molecular formula is C12H11N3O. The molecule has 0 aliphatic heterocycles. The van der Waals surface area contributed by atoms with Crippen LogP contribution in [0, 0.1) is 5.41 Å². The molecule has 0 atom stereocenters. The third-order valence-corrected chi connectivity index (χ3v) is 2.04. The van der Waals surface area contributed by atoms with Gasteiger partial charge in [0.1, 0.15) is 17.3 Å². The molecule has 2 aromatic rings. The number of rotatable bonds is 3. The van der Waals surface area contributed by atoms with Gasteiger partial charge in [0, 0.05) is 6.20 Å². The second-order valence-corrected chi connectivity index (χ2v) is 3.20. The standard InChI is InChI=1S/C12H11N3O/c13-12(14)10-5-1-2-6-11(10)16-9-4-3-7-15-8-9/h1-8H,(H3,13,14). The van der Waals surface area contributed by atoms with Crippen LogP contribution in [0.25, 0.3) is 0 Å². The van der Waals surface area contributed by atoms with Gasteiger partial charge < -0.3 is 10.5 Å². The minimum Gasteiger partial charge on any atom is -0.455 e. The number of ether oxygens (including phenoxy) is 1. The van der Waals surface area contributed by atoms with Gasteiger partial charge in [-0.3, -0.25) is 10.4 Å². The number of nitrogens with zero attached hydrogens (tertiary/aromatic N) is 1. The molecule has 1 aromatic heterocycles. The first kappa shape index (κ1) is 10.2. The Bertz CT molecular complexity index is 497. The Hall–Kier alpha value is -2.36. The molecule has 3 N–H and O–H groups in total. The highest BCUT2D eigenvalue weighted by Gasteiger charge is 2.06. The first-order chi connectivity index (χ1) is 7.77.